The average molecular weight is 392 g/mol. The van der Waals surface area contributed by atoms with Crippen LogP contribution in [0.2, 0.25) is 0 Å². The van der Waals surface area contributed by atoms with E-state index in [-0.39, 0.29) is 28.8 Å². The Bertz CT molecular complexity index is 1070. The third kappa shape index (κ3) is 3.52. The van der Waals surface area contributed by atoms with Crippen LogP contribution in [-0.4, -0.2) is 44.0 Å². The van der Waals surface area contributed by atoms with Gasteiger partial charge in [0, 0.05) is 25.5 Å². The maximum atomic E-state index is 12.2. The fourth-order valence-corrected chi connectivity index (χ4v) is 4.04. The van der Waals surface area contributed by atoms with Crippen molar-refractivity contribution in [3.63, 3.8) is 0 Å². The van der Waals surface area contributed by atoms with E-state index in [0.29, 0.717) is 18.5 Å². The van der Waals surface area contributed by atoms with Gasteiger partial charge in [-0.1, -0.05) is 13.3 Å². The number of fused-ring (bicyclic) bond motifs is 2. The van der Waals surface area contributed by atoms with E-state index in [9.17, 15) is 23.4 Å². The molecule has 0 fully saturated rings. The molecule has 3 rings (SSSR count). The van der Waals surface area contributed by atoms with Crippen LogP contribution in [0.5, 0.6) is 11.5 Å². The summed E-state index contributed by atoms with van der Waals surface area (Å²) in [6.07, 6.45) is 4.65. The predicted octanol–water partition coefficient (Wildman–Crippen LogP) is 0.332. The van der Waals surface area contributed by atoms with Crippen molar-refractivity contribution in [2.24, 2.45) is 9.98 Å². The lowest BCUT2D eigenvalue weighted by Gasteiger charge is -2.11. The summed E-state index contributed by atoms with van der Waals surface area (Å²) >= 11 is 0. The molecule has 4 N–H and O–H groups in total. The number of nitrogens with zero attached hydrogens (tertiary/aromatic N) is 2. The highest BCUT2D eigenvalue weighted by molar-refractivity contribution is 7.94. The van der Waals surface area contributed by atoms with Crippen molar-refractivity contribution in [2.45, 2.75) is 31.1 Å². The molecule has 2 heterocycles. The zero-order valence-electron chi connectivity index (χ0n) is 14.7. The number of hydrogen-bond donors (Lipinski definition) is 4. The number of carbonyl (C=O) groups excluding carboxylic acids is 1. The molecule has 9 nitrogen and oxygen atoms in total. The predicted molar refractivity (Wildman–Crippen MR) is 99.4 cm³/mol. The lowest BCUT2D eigenvalue weighted by atomic mass is 10.1. The third-order valence-corrected chi connectivity index (χ3v) is 5.68. The van der Waals surface area contributed by atoms with Gasteiger partial charge in [0.15, 0.2) is 5.75 Å². The molecule has 0 radical (unpaired) electrons. The molecule has 2 amide bonds. The Kier molecular flexibility index (Phi) is 5.17. The van der Waals surface area contributed by atoms with E-state index >= 15 is 0 Å². The number of sulfone groups is 1. The number of benzene rings is 1. The van der Waals surface area contributed by atoms with Gasteiger partial charge in [0.25, 0.3) is 0 Å². The second kappa shape index (κ2) is 7.39. The molecule has 0 saturated heterocycles. The Hall–Kier alpha value is -2.88. The van der Waals surface area contributed by atoms with Crippen LogP contribution in [0.25, 0.3) is 5.57 Å². The zero-order chi connectivity index (χ0) is 19.6. The van der Waals surface area contributed by atoms with Gasteiger partial charge < -0.3 is 20.8 Å². The number of aromatic hydroxyl groups is 2. The fourth-order valence-electron chi connectivity index (χ4n) is 2.90. The smallest absolute Gasteiger partial charge is 0.314 e. The highest BCUT2D eigenvalue weighted by Crippen LogP contribution is 2.32. The van der Waals surface area contributed by atoms with E-state index in [2.05, 4.69) is 20.6 Å². The van der Waals surface area contributed by atoms with Crippen molar-refractivity contribution in [1.29, 1.82) is 0 Å². The average Bonchev–Trinajstić information content (AvgIpc) is 3.03. The number of nitrogens with one attached hydrogen (secondary N) is 2. The molecule has 1 aromatic rings. The first-order valence-electron chi connectivity index (χ1n) is 8.53. The second-order valence-corrected chi connectivity index (χ2v) is 7.90. The minimum Gasteiger partial charge on any atom is -0.506 e. The van der Waals surface area contributed by atoms with Crippen LogP contribution >= 0.6 is 0 Å². The van der Waals surface area contributed by atoms with Crippen molar-refractivity contribution in [2.75, 3.05) is 13.1 Å². The first-order valence-corrected chi connectivity index (χ1v) is 10.1. The molecule has 0 bridgehead atoms. The van der Waals surface area contributed by atoms with Gasteiger partial charge in [-0.2, -0.15) is 0 Å². The van der Waals surface area contributed by atoms with Crippen LogP contribution in [0.15, 0.2) is 26.5 Å². The molecule has 0 aromatic heterocycles. The molecule has 144 valence electrons. The lowest BCUT2D eigenvalue weighted by molar-refractivity contribution is 0.241. The molecule has 0 aliphatic carbocycles. The summed E-state index contributed by atoms with van der Waals surface area (Å²) in [5.41, 5.74) is 0.585. The molecule has 2 aliphatic heterocycles. The van der Waals surface area contributed by atoms with Crippen molar-refractivity contribution in [3.05, 3.63) is 22.2 Å². The number of amides is 2. The molecule has 0 saturated carbocycles. The largest absolute Gasteiger partial charge is 0.506 e. The Morgan fingerprint density at radius 1 is 1.19 bits per heavy atom. The number of phenols is 2. The van der Waals surface area contributed by atoms with Gasteiger partial charge in [-0.15, -0.1) is 0 Å². The molecule has 27 heavy (non-hydrogen) atoms. The SMILES string of the molecule is CCCCNC(=O)NCCC1=c2c(O)c3c(c(O)c2N=C1)=NC=CS3(=O)=O. The molecular weight excluding hydrogens is 372 g/mol. The van der Waals surface area contributed by atoms with Crippen LogP contribution in [0.1, 0.15) is 26.2 Å². The highest BCUT2D eigenvalue weighted by Gasteiger charge is 2.29. The van der Waals surface area contributed by atoms with Gasteiger partial charge in [-0.3, -0.25) is 9.98 Å². The van der Waals surface area contributed by atoms with Gasteiger partial charge in [0.2, 0.25) is 9.84 Å². The number of unbranched alkanes of at least 4 members (excludes halogenated alkanes) is 1. The van der Waals surface area contributed by atoms with Gasteiger partial charge in [-0.05, 0) is 18.4 Å². The normalized spacial score (nSPS) is 15.8. The topological polar surface area (TPSA) is 140 Å². The van der Waals surface area contributed by atoms with Crippen molar-refractivity contribution in [1.82, 2.24) is 10.6 Å². The summed E-state index contributed by atoms with van der Waals surface area (Å²) in [7, 11) is -3.92. The highest BCUT2D eigenvalue weighted by atomic mass is 32.2. The Balaban J connectivity index is 1.89. The number of hydrogen-bond acceptors (Lipinski definition) is 7. The first kappa shape index (κ1) is 18.9. The standard InChI is InChI=1S/C17H20N4O5S/c1-2-3-5-19-17(24)20-6-4-10-9-21-12-11(10)14(22)16-13(15(12)23)18-7-8-27(16,25)26/h7-9,22-23H,2-6H2,1H3,(H2,19,20,24). The van der Waals surface area contributed by atoms with Gasteiger partial charge in [0.05, 0.1) is 10.6 Å². The Morgan fingerprint density at radius 3 is 2.67 bits per heavy atom. The second-order valence-electron chi connectivity index (χ2n) is 6.13. The Labute approximate surface area is 155 Å². The van der Waals surface area contributed by atoms with Crippen molar-refractivity contribution in [3.8, 4) is 11.5 Å². The van der Waals surface area contributed by atoms with Crippen LogP contribution in [0.3, 0.4) is 0 Å². The summed E-state index contributed by atoms with van der Waals surface area (Å²) in [5, 5.41) is 27.1. The lowest BCUT2D eigenvalue weighted by Crippen LogP contribution is -2.36. The van der Waals surface area contributed by atoms with E-state index < -0.39 is 26.2 Å². The van der Waals surface area contributed by atoms with E-state index in [4.69, 9.17) is 0 Å². The minimum atomic E-state index is -3.92. The van der Waals surface area contributed by atoms with Crippen LogP contribution < -0.4 is 21.2 Å². The first-order chi connectivity index (χ1) is 12.9. The van der Waals surface area contributed by atoms with Crippen LogP contribution in [0, 0.1) is 0 Å². The van der Waals surface area contributed by atoms with Gasteiger partial charge in [-0.25, -0.2) is 13.2 Å². The summed E-state index contributed by atoms with van der Waals surface area (Å²) in [6.45, 7) is 2.86. The molecule has 0 spiro atoms. The van der Waals surface area contributed by atoms with Crippen molar-refractivity contribution < 1.29 is 23.4 Å². The number of rotatable bonds is 6. The number of urea groups is 1. The quantitative estimate of drug-likeness (QED) is 0.408. The van der Waals surface area contributed by atoms with E-state index in [0.717, 1.165) is 24.4 Å². The fraction of sp³-hybridized carbons (Fsp3) is 0.353. The van der Waals surface area contributed by atoms with E-state index in [1.165, 1.54) is 6.21 Å². The molecule has 2 aliphatic rings. The van der Waals surface area contributed by atoms with Crippen LogP contribution in [-0.2, 0) is 9.84 Å². The molecule has 10 heteroatoms. The number of carbonyl (C=O) groups is 1. The molecule has 1 aromatic carbocycles. The summed E-state index contributed by atoms with van der Waals surface area (Å²) in [4.78, 5) is 19.2. The Morgan fingerprint density at radius 2 is 1.93 bits per heavy atom. The van der Waals surface area contributed by atoms with Crippen LogP contribution in [0.4, 0.5) is 10.5 Å². The summed E-state index contributed by atoms with van der Waals surface area (Å²) in [5.74, 6) is -0.895. The number of aliphatic imine (C=N–C) groups is 1. The third-order valence-electron chi connectivity index (χ3n) is 4.25. The molecular formula is C17H20N4O5S. The van der Waals surface area contributed by atoms with Crippen molar-refractivity contribution >= 4 is 33.3 Å². The van der Waals surface area contributed by atoms with E-state index in [1.807, 2.05) is 6.92 Å². The maximum Gasteiger partial charge on any atom is 0.314 e. The monoisotopic (exact) mass is 392 g/mol. The maximum absolute atomic E-state index is 12.2. The molecule has 0 unspecified atom stereocenters. The van der Waals surface area contributed by atoms with E-state index in [1.54, 1.807) is 0 Å². The van der Waals surface area contributed by atoms with Gasteiger partial charge in [0.1, 0.15) is 21.7 Å². The minimum absolute atomic E-state index is 0.0721. The summed E-state index contributed by atoms with van der Waals surface area (Å²) in [6, 6.07) is -0.303. The summed E-state index contributed by atoms with van der Waals surface area (Å²) < 4.78 is 24.5. The number of phenolic OH excluding ortho intramolecular Hbond substituents is 2. The molecule has 0 atom stereocenters. The van der Waals surface area contributed by atoms with Gasteiger partial charge >= 0.3 is 6.03 Å². The zero-order valence-corrected chi connectivity index (χ0v) is 15.5.